The van der Waals surface area contributed by atoms with E-state index in [0.717, 1.165) is 12.1 Å². The van der Waals surface area contributed by atoms with E-state index in [4.69, 9.17) is 0 Å². The predicted octanol–water partition coefficient (Wildman–Crippen LogP) is 3.66. The molecular formula is C15H14F3NO2. The third-order valence-electron chi connectivity index (χ3n) is 3.15. The summed E-state index contributed by atoms with van der Waals surface area (Å²) in [6.07, 6.45) is -3.60. The van der Waals surface area contributed by atoms with Crippen LogP contribution in [0.3, 0.4) is 0 Å². The van der Waals surface area contributed by atoms with Gasteiger partial charge in [0.15, 0.2) is 5.78 Å². The fourth-order valence-electron chi connectivity index (χ4n) is 1.97. The molecule has 0 bridgehead atoms. The highest BCUT2D eigenvalue weighted by atomic mass is 19.4. The lowest BCUT2D eigenvalue weighted by molar-refractivity contribution is -0.137. The molecule has 0 fully saturated rings. The first-order valence-electron chi connectivity index (χ1n) is 6.30. The quantitative estimate of drug-likeness (QED) is 0.804. The van der Waals surface area contributed by atoms with Crippen molar-refractivity contribution in [3.8, 4) is 0 Å². The summed E-state index contributed by atoms with van der Waals surface area (Å²) in [5.74, 6) is -1.10. The number of hydrogen-bond donors (Lipinski definition) is 1. The number of fused-ring (bicyclic) bond motifs is 1. The van der Waals surface area contributed by atoms with Gasteiger partial charge in [-0.25, -0.2) is 0 Å². The molecule has 0 aliphatic carbocycles. The van der Waals surface area contributed by atoms with E-state index in [-0.39, 0.29) is 16.8 Å². The van der Waals surface area contributed by atoms with Gasteiger partial charge in [-0.1, -0.05) is 26.8 Å². The molecule has 1 aliphatic rings. The van der Waals surface area contributed by atoms with Crippen LogP contribution in [-0.2, 0) is 15.8 Å². The van der Waals surface area contributed by atoms with E-state index in [0.29, 0.717) is 0 Å². The summed E-state index contributed by atoms with van der Waals surface area (Å²) < 4.78 is 39.2. The standard InChI is InChI=1S/C15H14F3NO2/c1-14(2,3)11(20)7-8-12-9(15(16,17)18)5-4-6-10(12)19-13(8)21/h4-7H,1-3H3,(H,19,21)/b8-7+. The molecule has 1 aromatic rings. The van der Waals surface area contributed by atoms with Crippen LogP contribution < -0.4 is 5.32 Å². The van der Waals surface area contributed by atoms with Gasteiger partial charge >= 0.3 is 6.18 Å². The summed E-state index contributed by atoms with van der Waals surface area (Å²) in [5, 5.41) is 2.36. The second kappa shape index (κ2) is 4.72. The maximum absolute atomic E-state index is 13.1. The molecule has 21 heavy (non-hydrogen) atoms. The molecule has 1 amide bonds. The van der Waals surface area contributed by atoms with Gasteiger partial charge in [0.05, 0.1) is 11.1 Å². The zero-order valence-electron chi connectivity index (χ0n) is 11.8. The number of anilines is 1. The number of benzene rings is 1. The minimum Gasteiger partial charge on any atom is -0.321 e. The van der Waals surface area contributed by atoms with Crippen LogP contribution in [0.2, 0.25) is 0 Å². The van der Waals surface area contributed by atoms with Crippen molar-refractivity contribution in [3.05, 3.63) is 35.4 Å². The van der Waals surface area contributed by atoms with Gasteiger partial charge in [-0.2, -0.15) is 13.2 Å². The largest absolute Gasteiger partial charge is 0.417 e. The molecule has 6 heteroatoms. The first-order valence-corrected chi connectivity index (χ1v) is 6.30. The van der Waals surface area contributed by atoms with Crippen LogP contribution in [0.1, 0.15) is 31.9 Å². The smallest absolute Gasteiger partial charge is 0.321 e. The van der Waals surface area contributed by atoms with Crippen LogP contribution in [0.25, 0.3) is 5.57 Å². The first-order chi connectivity index (χ1) is 9.51. The monoisotopic (exact) mass is 297 g/mol. The zero-order valence-corrected chi connectivity index (χ0v) is 11.8. The minimum atomic E-state index is -4.60. The average molecular weight is 297 g/mol. The second-order valence-electron chi connectivity index (χ2n) is 5.85. The highest BCUT2D eigenvalue weighted by molar-refractivity contribution is 6.34. The van der Waals surface area contributed by atoms with Crippen LogP contribution >= 0.6 is 0 Å². The Morgan fingerprint density at radius 2 is 1.81 bits per heavy atom. The molecule has 0 saturated heterocycles. The fourth-order valence-corrected chi connectivity index (χ4v) is 1.97. The number of ketones is 1. The van der Waals surface area contributed by atoms with Crippen molar-refractivity contribution >= 4 is 23.0 Å². The summed E-state index contributed by atoms with van der Waals surface area (Å²) in [5.41, 5.74) is -2.12. The summed E-state index contributed by atoms with van der Waals surface area (Å²) in [4.78, 5) is 23.9. The van der Waals surface area contributed by atoms with Crippen molar-refractivity contribution in [1.82, 2.24) is 0 Å². The first kappa shape index (κ1) is 15.3. The van der Waals surface area contributed by atoms with Crippen LogP contribution in [0.5, 0.6) is 0 Å². The molecule has 0 radical (unpaired) electrons. The molecule has 0 atom stereocenters. The molecule has 0 aromatic heterocycles. The second-order valence-corrected chi connectivity index (χ2v) is 5.85. The molecule has 112 valence electrons. The maximum Gasteiger partial charge on any atom is 0.417 e. The Bertz CT molecular complexity index is 652. The molecule has 0 spiro atoms. The van der Waals surface area contributed by atoms with Gasteiger partial charge in [-0.15, -0.1) is 0 Å². The van der Waals surface area contributed by atoms with E-state index in [1.807, 2.05) is 0 Å². The molecule has 2 rings (SSSR count). The van der Waals surface area contributed by atoms with Crippen molar-refractivity contribution in [2.24, 2.45) is 5.41 Å². The minimum absolute atomic E-state index is 0.0720. The van der Waals surface area contributed by atoms with Crippen molar-refractivity contribution in [3.63, 3.8) is 0 Å². The lowest BCUT2D eigenvalue weighted by Crippen LogP contribution is -2.19. The highest BCUT2D eigenvalue weighted by Gasteiger charge is 2.39. The average Bonchev–Trinajstić information content (AvgIpc) is 2.63. The number of hydrogen-bond acceptors (Lipinski definition) is 2. The van der Waals surface area contributed by atoms with E-state index >= 15 is 0 Å². The van der Waals surface area contributed by atoms with E-state index < -0.39 is 28.8 Å². The topological polar surface area (TPSA) is 46.2 Å². The van der Waals surface area contributed by atoms with E-state index in [1.165, 1.54) is 12.1 Å². The van der Waals surface area contributed by atoms with Gasteiger partial charge in [0.1, 0.15) is 0 Å². The molecular weight excluding hydrogens is 283 g/mol. The van der Waals surface area contributed by atoms with E-state index in [1.54, 1.807) is 20.8 Å². The summed E-state index contributed by atoms with van der Waals surface area (Å²) in [6.45, 7) is 4.90. The van der Waals surface area contributed by atoms with Crippen molar-refractivity contribution in [1.29, 1.82) is 0 Å². The van der Waals surface area contributed by atoms with Crippen LogP contribution in [-0.4, -0.2) is 11.7 Å². The van der Waals surface area contributed by atoms with E-state index in [9.17, 15) is 22.8 Å². The van der Waals surface area contributed by atoms with Crippen LogP contribution in [0, 0.1) is 5.41 Å². The Labute approximate surface area is 119 Å². The number of carbonyl (C=O) groups excluding carboxylic acids is 2. The molecule has 0 unspecified atom stereocenters. The van der Waals surface area contributed by atoms with Gasteiger partial charge in [0, 0.05) is 16.7 Å². The molecule has 0 saturated carbocycles. The summed E-state index contributed by atoms with van der Waals surface area (Å²) in [6, 6.07) is 3.50. The Kier molecular flexibility index (Phi) is 3.43. The SMILES string of the molecule is CC(C)(C)C(=O)/C=C1/C(=O)Nc2cccc(C(F)(F)F)c21. The molecule has 3 nitrogen and oxygen atoms in total. The Morgan fingerprint density at radius 1 is 1.19 bits per heavy atom. The van der Waals surface area contributed by atoms with Crippen LogP contribution in [0.4, 0.5) is 18.9 Å². The Morgan fingerprint density at radius 3 is 2.33 bits per heavy atom. The normalized spacial score (nSPS) is 16.9. The predicted molar refractivity (Wildman–Crippen MR) is 72.5 cm³/mol. The van der Waals surface area contributed by atoms with Gasteiger partial charge in [-0.3, -0.25) is 9.59 Å². The Balaban J connectivity index is 2.63. The van der Waals surface area contributed by atoms with Gasteiger partial charge in [0.25, 0.3) is 5.91 Å². The third-order valence-corrected chi connectivity index (χ3v) is 3.15. The molecule has 1 aliphatic heterocycles. The summed E-state index contributed by atoms with van der Waals surface area (Å²) in [7, 11) is 0. The molecule has 1 heterocycles. The van der Waals surface area contributed by atoms with E-state index in [2.05, 4.69) is 5.32 Å². The van der Waals surface area contributed by atoms with Gasteiger partial charge < -0.3 is 5.32 Å². The maximum atomic E-state index is 13.1. The van der Waals surface area contributed by atoms with Gasteiger partial charge in [0.2, 0.25) is 0 Å². The highest BCUT2D eigenvalue weighted by Crippen LogP contribution is 2.42. The number of rotatable bonds is 1. The lowest BCUT2D eigenvalue weighted by Gasteiger charge is -2.15. The number of amides is 1. The van der Waals surface area contributed by atoms with Gasteiger partial charge in [-0.05, 0) is 18.2 Å². The lowest BCUT2D eigenvalue weighted by atomic mass is 9.88. The zero-order chi connectivity index (χ0) is 16.0. The molecule has 1 aromatic carbocycles. The fraction of sp³-hybridized carbons (Fsp3) is 0.333. The number of carbonyl (C=O) groups is 2. The van der Waals surface area contributed by atoms with Crippen molar-refractivity contribution in [2.75, 3.05) is 5.32 Å². The number of allylic oxidation sites excluding steroid dienone is 1. The van der Waals surface area contributed by atoms with Crippen molar-refractivity contribution < 1.29 is 22.8 Å². The number of nitrogens with one attached hydrogen (secondary N) is 1. The van der Waals surface area contributed by atoms with Crippen LogP contribution in [0.15, 0.2) is 24.3 Å². The number of alkyl halides is 3. The Hall–Kier alpha value is -2.11. The van der Waals surface area contributed by atoms with Crippen molar-refractivity contribution in [2.45, 2.75) is 26.9 Å². The number of halogens is 3. The third kappa shape index (κ3) is 2.84. The molecule has 1 N–H and O–H groups in total. The summed E-state index contributed by atoms with van der Waals surface area (Å²) >= 11 is 0.